The number of Topliss-reactive ketones (excluding diaryl/α,β-unsaturated/α-hetero) is 1. The van der Waals surface area contributed by atoms with Crippen LogP contribution in [0.15, 0.2) is 12.2 Å². The van der Waals surface area contributed by atoms with Gasteiger partial charge in [-0.15, -0.1) is 0 Å². The van der Waals surface area contributed by atoms with Gasteiger partial charge in [-0.2, -0.15) is 0 Å². The maximum Gasteiger partial charge on any atom is 0.192 e. The molecule has 0 aromatic rings. The van der Waals surface area contributed by atoms with E-state index in [1.54, 1.807) is 6.92 Å². The second-order valence-electron chi connectivity index (χ2n) is 4.13. The van der Waals surface area contributed by atoms with Crippen molar-refractivity contribution in [1.29, 1.82) is 0 Å². The smallest absolute Gasteiger partial charge is 0.192 e. The van der Waals surface area contributed by atoms with Crippen molar-refractivity contribution < 1.29 is 38.4 Å². The lowest BCUT2D eigenvalue weighted by atomic mass is 10.1. The molecule has 0 aromatic carbocycles. The van der Waals surface area contributed by atoms with Crippen LogP contribution in [0.25, 0.3) is 0 Å². The molecule has 3 nitrogen and oxygen atoms in total. The van der Waals surface area contributed by atoms with Crippen molar-refractivity contribution in [2.45, 2.75) is 13.0 Å². The van der Waals surface area contributed by atoms with Gasteiger partial charge in [-0.25, -0.2) is 0 Å². The molecular formula is C9H18INO2. The summed E-state index contributed by atoms with van der Waals surface area (Å²) in [7, 11) is 5.78. The van der Waals surface area contributed by atoms with E-state index in [4.69, 9.17) is 0 Å². The summed E-state index contributed by atoms with van der Waals surface area (Å²) in [6.45, 7) is 5.52. The Morgan fingerprint density at radius 3 is 2.08 bits per heavy atom. The Labute approximate surface area is 97.0 Å². The van der Waals surface area contributed by atoms with Crippen molar-refractivity contribution in [2.24, 2.45) is 0 Å². The van der Waals surface area contributed by atoms with Gasteiger partial charge >= 0.3 is 0 Å². The molecule has 0 heterocycles. The van der Waals surface area contributed by atoms with Gasteiger partial charge in [0.05, 0.1) is 21.1 Å². The second-order valence-corrected chi connectivity index (χ2v) is 4.13. The van der Waals surface area contributed by atoms with Crippen LogP contribution in [0.3, 0.4) is 0 Å². The molecule has 0 saturated carbocycles. The van der Waals surface area contributed by atoms with Crippen LogP contribution in [0.1, 0.15) is 6.92 Å². The van der Waals surface area contributed by atoms with Gasteiger partial charge in [0, 0.05) is 0 Å². The Kier molecular flexibility index (Phi) is 6.83. The van der Waals surface area contributed by atoms with Crippen LogP contribution in [0.2, 0.25) is 0 Å². The molecule has 0 aliphatic carbocycles. The molecule has 1 unspecified atom stereocenters. The molecule has 0 radical (unpaired) electrons. The lowest BCUT2D eigenvalue weighted by molar-refractivity contribution is -0.872. The summed E-state index contributed by atoms with van der Waals surface area (Å²) < 4.78 is 0.570. The van der Waals surface area contributed by atoms with Gasteiger partial charge in [-0.1, -0.05) is 6.58 Å². The average Bonchev–Trinajstić information content (AvgIpc) is 1.82. The van der Waals surface area contributed by atoms with Gasteiger partial charge in [0.25, 0.3) is 0 Å². The van der Waals surface area contributed by atoms with Gasteiger partial charge in [0.15, 0.2) is 11.9 Å². The zero-order valence-electron chi connectivity index (χ0n) is 8.67. The molecule has 0 spiro atoms. The van der Waals surface area contributed by atoms with Crippen LogP contribution in [-0.4, -0.2) is 49.2 Å². The maximum absolute atomic E-state index is 11.2. The number of likely N-dealkylation sites (N-methyl/N-ethyl adjacent to an activating group) is 1. The molecular weight excluding hydrogens is 281 g/mol. The molecule has 0 rings (SSSR count). The quantitative estimate of drug-likeness (QED) is 0.346. The zero-order valence-corrected chi connectivity index (χ0v) is 10.8. The number of carbonyl (C=O) groups excluding carboxylic acids is 1. The minimum atomic E-state index is -0.914. The number of nitrogens with zero attached hydrogens (tertiary/aromatic N) is 1. The molecule has 0 aliphatic rings. The largest absolute Gasteiger partial charge is 1.00 e. The van der Waals surface area contributed by atoms with Gasteiger partial charge in [0.1, 0.15) is 6.54 Å². The number of rotatable bonds is 4. The van der Waals surface area contributed by atoms with Crippen molar-refractivity contribution >= 4 is 5.78 Å². The maximum atomic E-state index is 11.2. The third-order valence-corrected chi connectivity index (χ3v) is 1.44. The Bertz CT molecular complexity index is 196. The van der Waals surface area contributed by atoms with Crippen LogP contribution >= 0.6 is 0 Å². The molecule has 78 valence electrons. The third kappa shape index (κ3) is 7.16. The summed E-state index contributed by atoms with van der Waals surface area (Å²) in [5, 5.41) is 9.40. The molecule has 0 bridgehead atoms. The predicted octanol–water partition coefficient (Wildman–Crippen LogP) is -2.80. The summed E-state index contributed by atoms with van der Waals surface area (Å²) in [6.07, 6.45) is -0.914. The van der Waals surface area contributed by atoms with Gasteiger partial charge in [-0.3, -0.25) is 4.79 Å². The fraction of sp³-hybridized carbons (Fsp3) is 0.667. The Hall–Kier alpha value is 0.0600. The summed E-state index contributed by atoms with van der Waals surface area (Å²) in [4.78, 5) is 11.2. The first kappa shape index (κ1) is 15.5. The lowest BCUT2D eigenvalue weighted by Gasteiger charge is -2.26. The molecule has 4 heteroatoms. The number of hydrogen-bond acceptors (Lipinski definition) is 2. The van der Waals surface area contributed by atoms with Crippen molar-refractivity contribution in [3.63, 3.8) is 0 Å². The molecule has 1 atom stereocenters. The summed E-state index contributed by atoms with van der Waals surface area (Å²) in [6, 6.07) is 0. The van der Waals surface area contributed by atoms with E-state index >= 15 is 0 Å². The number of hydrogen-bond donors (Lipinski definition) is 1. The molecule has 0 saturated heterocycles. The minimum Gasteiger partial charge on any atom is -1.00 e. The van der Waals surface area contributed by atoms with E-state index in [-0.39, 0.29) is 29.8 Å². The average molecular weight is 299 g/mol. The van der Waals surface area contributed by atoms with Gasteiger partial charge < -0.3 is 33.6 Å². The van der Waals surface area contributed by atoms with Crippen LogP contribution in [-0.2, 0) is 4.79 Å². The van der Waals surface area contributed by atoms with Crippen LogP contribution < -0.4 is 24.0 Å². The summed E-state index contributed by atoms with van der Waals surface area (Å²) in [5.74, 6) is -0.261. The number of ketones is 1. The van der Waals surface area contributed by atoms with Crippen LogP contribution in [0.5, 0.6) is 0 Å². The fourth-order valence-corrected chi connectivity index (χ4v) is 0.886. The first-order valence-corrected chi connectivity index (χ1v) is 3.92. The molecule has 0 amide bonds. The van der Waals surface area contributed by atoms with Crippen molar-refractivity contribution in [3.8, 4) is 0 Å². The molecule has 0 aliphatic heterocycles. The summed E-state index contributed by atoms with van der Waals surface area (Å²) in [5.41, 5.74) is 0.413. The highest BCUT2D eigenvalue weighted by Crippen LogP contribution is 2.01. The second kappa shape index (κ2) is 5.72. The number of quaternary nitrogens is 1. The Morgan fingerprint density at radius 2 is 1.85 bits per heavy atom. The number of aliphatic hydroxyl groups is 1. The van der Waals surface area contributed by atoms with E-state index in [9.17, 15) is 9.90 Å². The predicted molar refractivity (Wildman–Crippen MR) is 48.7 cm³/mol. The van der Waals surface area contributed by atoms with E-state index in [1.165, 1.54) is 0 Å². The fourth-order valence-electron chi connectivity index (χ4n) is 0.886. The highest BCUT2D eigenvalue weighted by atomic mass is 127. The number of halogens is 1. The zero-order chi connectivity index (χ0) is 9.94. The molecule has 1 N–H and O–H groups in total. The van der Waals surface area contributed by atoms with Gasteiger partial charge in [0.2, 0.25) is 0 Å². The first-order valence-electron chi connectivity index (χ1n) is 3.92. The third-order valence-electron chi connectivity index (χ3n) is 1.44. The molecule has 0 fully saturated rings. The van der Waals surface area contributed by atoms with E-state index in [1.807, 2.05) is 21.1 Å². The van der Waals surface area contributed by atoms with Crippen LogP contribution in [0.4, 0.5) is 0 Å². The number of carbonyl (C=O) groups is 1. The summed E-state index contributed by atoms with van der Waals surface area (Å²) >= 11 is 0. The van der Waals surface area contributed by atoms with Crippen molar-refractivity contribution in [1.82, 2.24) is 0 Å². The molecule has 13 heavy (non-hydrogen) atoms. The lowest BCUT2D eigenvalue weighted by Crippen LogP contribution is -3.00. The van der Waals surface area contributed by atoms with Crippen LogP contribution in [0, 0.1) is 0 Å². The van der Waals surface area contributed by atoms with E-state index in [0.29, 0.717) is 16.6 Å². The topological polar surface area (TPSA) is 37.3 Å². The van der Waals surface area contributed by atoms with E-state index in [0.717, 1.165) is 0 Å². The van der Waals surface area contributed by atoms with E-state index in [2.05, 4.69) is 6.58 Å². The van der Waals surface area contributed by atoms with Crippen molar-refractivity contribution in [2.75, 3.05) is 27.7 Å². The monoisotopic (exact) mass is 299 g/mol. The van der Waals surface area contributed by atoms with E-state index < -0.39 is 6.10 Å². The highest BCUT2D eigenvalue weighted by Gasteiger charge is 2.22. The first-order chi connectivity index (χ1) is 5.24. The SMILES string of the molecule is C=C(C)C(=O)C(O)C[N+](C)(C)C.[I-]. The molecule has 0 aromatic heterocycles. The minimum absolute atomic E-state index is 0. The van der Waals surface area contributed by atoms with Crippen molar-refractivity contribution in [3.05, 3.63) is 12.2 Å². The van der Waals surface area contributed by atoms with Gasteiger partial charge in [-0.05, 0) is 12.5 Å². The normalized spacial score (nSPS) is 13.0. The highest BCUT2D eigenvalue weighted by molar-refractivity contribution is 5.97. The standard InChI is InChI=1S/C9H18NO2.HI/c1-7(2)9(12)8(11)6-10(3,4)5;/h8,11H,1,6H2,2-5H3;1H/q+1;/p-1. The number of aliphatic hydroxyl groups excluding tert-OH is 1. The Morgan fingerprint density at radius 1 is 1.46 bits per heavy atom. The Balaban J connectivity index is 0.